The molecule has 1 saturated heterocycles. The normalized spacial score (nSPS) is 18.4. The highest BCUT2D eigenvalue weighted by molar-refractivity contribution is 5.92. The Hall–Kier alpha value is -3.33. The molecule has 2 unspecified atom stereocenters. The van der Waals surface area contributed by atoms with E-state index in [0.717, 1.165) is 22.5 Å². The molecule has 1 fully saturated rings. The third-order valence-electron chi connectivity index (χ3n) is 5.33. The van der Waals surface area contributed by atoms with Crippen LogP contribution in [0.1, 0.15) is 29.2 Å². The largest absolute Gasteiger partial charge is 0.392 e. The number of aromatic nitrogens is 2. The number of carbonyl (C=O) groups excluding carboxylic acids is 1. The quantitative estimate of drug-likeness (QED) is 0.526. The predicted molar refractivity (Wildman–Crippen MR) is 122 cm³/mol. The first kappa shape index (κ1) is 21.9. The molecule has 0 spiro atoms. The Morgan fingerprint density at radius 3 is 2.56 bits per heavy atom. The van der Waals surface area contributed by atoms with Crippen LogP contribution in [0.4, 0.5) is 11.4 Å². The summed E-state index contributed by atoms with van der Waals surface area (Å²) in [6.07, 6.45) is 2.92. The molecule has 2 aromatic carbocycles. The number of rotatable bonds is 7. The molecule has 8 nitrogen and oxygen atoms in total. The van der Waals surface area contributed by atoms with Crippen LogP contribution in [0.25, 0.3) is 0 Å². The highest BCUT2D eigenvalue weighted by atomic mass is 16.5. The van der Waals surface area contributed by atoms with Gasteiger partial charge in [-0.3, -0.25) is 4.79 Å². The van der Waals surface area contributed by atoms with Crippen LogP contribution in [-0.2, 0) is 16.1 Å². The summed E-state index contributed by atoms with van der Waals surface area (Å²) in [5.41, 5.74) is 3.61. The number of carbonyl (C=O) groups is 1. The van der Waals surface area contributed by atoms with Gasteiger partial charge in [0.2, 0.25) is 5.91 Å². The highest BCUT2D eigenvalue weighted by Crippen LogP contribution is 2.34. The van der Waals surface area contributed by atoms with E-state index in [4.69, 9.17) is 4.74 Å². The number of morpholine rings is 1. The summed E-state index contributed by atoms with van der Waals surface area (Å²) in [5, 5.41) is 15.2. The van der Waals surface area contributed by atoms with Crippen LogP contribution in [0.2, 0.25) is 0 Å². The van der Waals surface area contributed by atoms with Crippen molar-refractivity contribution in [2.24, 2.45) is 0 Å². The van der Waals surface area contributed by atoms with Crippen LogP contribution in [0, 0.1) is 0 Å². The highest BCUT2D eigenvalue weighted by Gasteiger charge is 2.31. The lowest BCUT2D eigenvalue weighted by molar-refractivity contribution is -0.115. The standard InChI is InChI=1S/C24H27N5O3/c1-25-13-23(31)28-19-6-8-20(9-7-19)29-14-21(18-5-2-4-17(12-18)16-30)32-22(15-29)24-26-10-3-11-27-24/h2-12,21-22,25,30H,13-16H2,1H3,(H,28,31). The maximum atomic E-state index is 11.8. The lowest BCUT2D eigenvalue weighted by Crippen LogP contribution is -2.40. The Kier molecular flexibility index (Phi) is 7.06. The van der Waals surface area contributed by atoms with Gasteiger partial charge in [-0.25, -0.2) is 9.97 Å². The van der Waals surface area contributed by atoms with Crippen LogP contribution < -0.4 is 15.5 Å². The molecule has 1 aliphatic rings. The van der Waals surface area contributed by atoms with Crippen molar-refractivity contribution in [3.63, 3.8) is 0 Å². The summed E-state index contributed by atoms with van der Waals surface area (Å²) in [6, 6.07) is 17.4. The number of ether oxygens (including phenoxy) is 1. The van der Waals surface area contributed by atoms with Crippen LogP contribution in [0.3, 0.4) is 0 Å². The van der Waals surface area contributed by atoms with E-state index >= 15 is 0 Å². The van der Waals surface area contributed by atoms with Crippen molar-refractivity contribution < 1.29 is 14.6 Å². The van der Waals surface area contributed by atoms with Crippen LogP contribution in [0.5, 0.6) is 0 Å². The van der Waals surface area contributed by atoms with Crippen LogP contribution in [0.15, 0.2) is 67.0 Å². The summed E-state index contributed by atoms with van der Waals surface area (Å²) in [4.78, 5) is 22.9. The molecule has 166 valence electrons. The Bertz CT molecular complexity index is 1030. The Morgan fingerprint density at radius 2 is 1.84 bits per heavy atom. The van der Waals surface area contributed by atoms with Crippen LogP contribution in [-0.4, -0.2) is 47.7 Å². The molecule has 0 aliphatic carbocycles. The lowest BCUT2D eigenvalue weighted by Gasteiger charge is -2.39. The molecule has 32 heavy (non-hydrogen) atoms. The summed E-state index contributed by atoms with van der Waals surface area (Å²) < 4.78 is 6.40. The molecular formula is C24H27N5O3. The van der Waals surface area contributed by atoms with Gasteiger partial charge >= 0.3 is 0 Å². The molecular weight excluding hydrogens is 406 g/mol. The van der Waals surface area contributed by atoms with Crippen molar-refractivity contribution in [1.82, 2.24) is 15.3 Å². The van der Waals surface area contributed by atoms with Crippen molar-refractivity contribution in [3.05, 3.63) is 83.9 Å². The molecule has 4 rings (SSSR count). The number of anilines is 2. The number of amides is 1. The number of benzene rings is 2. The summed E-state index contributed by atoms with van der Waals surface area (Å²) in [6.45, 7) is 1.49. The predicted octanol–water partition coefficient (Wildman–Crippen LogP) is 2.45. The number of likely N-dealkylation sites (N-methyl/N-ethyl adjacent to an activating group) is 1. The molecule has 1 aromatic heterocycles. The summed E-state index contributed by atoms with van der Waals surface area (Å²) >= 11 is 0. The van der Waals surface area contributed by atoms with E-state index in [-0.39, 0.29) is 31.3 Å². The molecule has 0 radical (unpaired) electrons. The maximum Gasteiger partial charge on any atom is 0.238 e. The van der Waals surface area contributed by atoms with Gasteiger partial charge in [-0.05, 0) is 48.5 Å². The lowest BCUT2D eigenvalue weighted by atomic mass is 10.0. The molecule has 0 saturated carbocycles. The molecule has 0 bridgehead atoms. The summed E-state index contributed by atoms with van der Waals surface area (Å²) in [5.74, 6) is 0.549. The van der Waals surface area contributed by atoms with Crippen molar-refractivity contribution in [2.45, 2.75) is 18.8 Å². The smallest absolute Gasteiger partial charge is 0.238 e. The van der Waals surface area contributed by atoms with Gasteiger partial charge in [-0.2, -0.15) is 0 Å². The number of hydrogen-bond acceptors (Lipinski definition) is 7. The van der Waals surface area contributed by atoms with E-state index in [1.807, 2.05) is 48.5 Å². The Morgan fingerprint density at radius 1 is 1.09 bits per heavy atom. The Balaban J connectivity index is 1.58. The number of hydrogen-bond donors (Lipinski definition) is 3. The zero-order chi connectivity index (χ0) is 22.3. The average Bonchev–Trinajstić information content (AvgIpc) is 2.85. The fourth-order valence-electron chi connectivity index (χ4n) is 3.79. The first-order valence-electron chi connectivity index (χ1n) is 10.6. The van der Waals surface area contributed by atoms with Gasteiger partial charge in [0.05, 0.1) is 19.7 Å². The second kappa shape index (κ2) is 10.3. The van der Waals surface area contributed by atoms with Crippen LogP contribution >= 0.6 is 0 Å². The van der Waals surface area contributed by atoms with Gasteiger partial charge < -0.3 is 25.4 Å². The van der Waals surface area contributed by atoms with Crippen molar-refractivity contribution in [2.75, 3.05) is 36.9 Å². The van der Waals surface area contributed by atoms with Gasteiger partial charge in [0, 0.05) is 30.3 Å². The molecule has 2 heterocycles. The topological polar surface area (TPSA) is 99.6 Å². The van der Waals surface area contributed by atoms with Gasteiger partial charge in [0.15, 0.2) is 5.82 Å². The summed E-state index contributed by atoms with van der Waals surface area (Å²) in [7, 11) is 1.74. The third-order valence-corrected chi connectivity index (χ3v) is 5.33. The number of nitrogens with one attached hydrogen (secondary N) is 2. The van der Waals surface area contributed by atoms with E-state index in [0.29, 0.717) is 18.9 Å². The van der Waals surface area contributed by atoms with Gasteiger partial charge in [0.1, 0.15) is 12.2 Å². The maximum absolute atomic E-state index is 11.8. The molecule has 3 aromatic rings. The zero-order valence-corrected chi connectivity index (χ0v) is 17.9. The van der Waals surface area contributed by atoms with Crippen molar-refractivity contribution in [3.8, 4) is 0 Å². The van der Waals surface area contributed by atoms with E-state index in [2.05, 4.69) is 25.5 Å². The first-order valence-corrected chi connectivity index (χ1v) is 10.6. The fourth-order valence-corrected chi connectivity index (χ4v) is 3.79. The van der Waals surface area contributed by atoms with E-state index in [1.165, 1.54) is 0 Å². The molecule has 8 heteroatoms. The fraction of sp³-hybridized carbons (Fsp3) is 0.292. The van der Waals surface area contributed by atoms with E-state index < -0.39 is 0 Å². The first-order chi connectivity index (χ1) is 15.7. The molecule has 1 aliphatic heterocycles. The van der Waals surface area contributed by atoms with Crippen molar-refractivity contribution >= 4 is 17.3 Å². The zero-order valence-electron chi connectivity index (χ0n) is 17.9. The minimum absolute atomic E-state index is 0.0176. The SMILES string of the molecule is CNCC(=O)Nc1ccc(N2CC(c3cccc(CO)c3)OC(c3ncccn3)C2)cc1. The molecule has 1 amide bonds. The van der Waals surface area contributed by atoms with E-state index in [1.54, 1.807) is 25.5 Å². The van der Waals surface area contributed by atoms with Gasteiger partial charge in [0.25, 0.3) is 0 Å². The third kappa shape index (κ3) is 5.28. The Labute approximate surface area is 187 Å². The minimum atomic E-state index is -0.303. The second-order valence-corrected chi connectivity index (χ2v) is 7.65. The van der Waals surface area contributed by atoms with Crippen molar-refractivity contribution in [1.29, 1.82) is 0 Å². The number of nitrogens with zero attached hydrogens (tertiary/aromatic N) is 3. The van der Waals surface area contributed by atoms with Gasteiger partial charge in [-0.1, -0.05) is 24.3 Å². The molecule has 2 atom stereocenters. The molecule has 3 N–H and O–H groups in total. The monoisotopic (exact) mass is 433 g/mol. The number of aliphatic hydroxyl groups excluding tert-OH is 1. The average molecular weight is 434 g/mol. The van der Waals surface area contributed by atoms with E-state index in [9.17, 15) is 9.90 Å². The second-order valence-electron chi connectivity index (χ2n) is 7.65. The number of aliphatic hydroxyl groups is 1. The minimum Gasteiger partial charge on any atom is -0.392 e. The van der Waals surface area contributed by atoms with Gasteiger partial charge in [-0.15, -0.1) is 0 Å².